The number of allylic oxidation sites excluding steroid dienone is 1. The number of alkyl carbamates (subject to hydrolysis) is 1. The van der Waals surface area contributed by atoms with Crippen molar-refractivity contribution in [3.8, 4) is 0 Å². The monoisotopic (exact) mass is 620 g/mol. The van der Waals surface area contributed by atoms with Crippen molar-refractivity contribution in [1.29, 1.82) is 0 Å². The van der Waals surface area contributed by atoms with E-state index >= 15 is 0 Å². The molecule has 6 atom stereocenters. The molecular formula is C31H48N4O7S. The maximum absolute atomic E-state index is 14.4. The van der Waals surface area contributed by atoms with Gasteiger partial charge in [-0.15, -0.1) is 0 Å². The summed E-state index contributed by atoms with van der Waals surface area (Å²) >= 11 is 0. The summed E-state index contributed by atoms with van der Waals surface area (Å²) in [6.07, 6.45) is 9.30. The van der Waals surface area contributed by atoms with Crippen LogP contribution >= 0.6 is 0 Å². The highest BCUT2D eigenvalue weighted by molar-refractivity contribution is 7.91. The van der Waals surface area contributed by atoms with Gasteiger partial charge in [0.2, 0.25) is 21.8 Å². The second kappa shape index (κ2) is 9.66. The molecule has 4 aliphatic carbocycles. The van der Waals surface area contributed by atoms with E-state index in [9.17, 15) is 27.9 Å². The molecule has 3 amide bonds. The Bertz CT molecular complexity index is 1350. The molecule has 11 nitrogen and oxygen atoms in total. The summed E-state index contributed by atoms with van der Waals surface area (Å²) in [4.78, 5) is 43.1. The van der Waals surface area contributed by atoms with E-state index in [0.29, 0.717) is 38.6 Å². The Morgan fingerprint density at radius 1 is 1.14 bits per heavy atom. The van der Waals surface area contributed by atoms with Crippen LogP contribution in [0.2, 0.25) is 0 Å². The summed E-state index contributed by atoms with van der Waals surface area (Å²) in [7, 11) is -3.82. The smallest absolute Gasteiger partial charge is 0.408 e. The minimum absolute atomic E-state index is 0.00128. The fourth-order valence-corrected chi connectivity index (χ4v) is 9.15. The highest BCUT2D eigenvalue weighted by Gasteiger charge is 2.81. The summed E-state index contributed by atoms with van der Waals surface area (Å²) in [6, 6.07) is -0.827. The predicted octanol–water partition coefficient (Wildman–Crippen LogP) is 2.84. The van der Waals surface area contributed by atoms with Gasteiger partial charge in [0, 0.05) is 17.9 Å². The van der Waals surface area contributed by atoms with Crippen molar-refractivity contribution < 1.29 is 32.6 Å². The third kappa shape index (κ3) is 5.09. The molecule has 4 N–H and O–H groups in total. The zero-order valence-electron chi connectivity index (χ0n) is 26.1. The van der Waals surface area contributed by atoms with Crippen LogP contribution in [-0.4, -0.2) is 76.6 Å². The Balaban J connectivity index is 1.31. The molecule has 240 valence electrons. The van der Waals surface area contributed by atoms with Gasteiger partial charge in [-0.2, -0.15) is 4.72 Å². The van der Waals surface area contributed by atoms with Crippen LogP contribution in [0, 0.1) is 16.7 Å². The van der Waals surface area contributed by atoms with Gasteiger partial charge in [-0.1, -0.05) is 31.9 Å². The van der Waals surface area contributed by atoms with Crippen LogP contribution in [-0.2, 0) is 24.3 Å². The van der Waals surface area contributed by atoms with E-state index in [-0.39, 0.29) is 23.1 Å². The van der Waals surface area contributed by atoms with Crippen LogP contribution in [0.3, 0.4) is 0 Å². The van der Waals surface area contributed by atoms with E-state index in [0.717, 1.165) is 38.5 Å². The molecule has 43 heavy (non-hydrogen) atoms. The molecule has 6 aliphatic rings. The number of ether oxygens (including phenoxy) is 1. The van der Waals surface area contributed by atoms with Gasteiger partial charge >= 0.3 is 6.09 Å². The van der Waals surface area contributed by atoms with Gasteiger partial charge in [-0.25, -0.2) is 13.2 Å². The van der Waals surface area contributed by atoms with Crippen LogP contribution in [0.5, 0.6) is 0 Å². The fraction of sp³-hybridized carbons (Fsp3) is 0.839. The number of carbonyl (C=O) groups is 3. The number of fused-ring (bicyclic) bond motifs is 2. The molecule has 2 aliphatic heterocycles. The first-order valence-corrected chi connectivity index (χ1v) is 17.4. The quantitative estimate of drug-likeness (QED) is 0.272. The molecule has 5 fully saturated rings. The number of aliphatic hydroxyl groups excluding tert-OH is 1. The highest BCUT2D eigenvalue weighted by atomic mass is 32.2. The third-order valence-electron chi connectivity index (χ3n) is 11.2. The summed E-state index contributed by atoms with van der Waals surface area (Å²) in [5.41, 5.74) is -3.82. The van der Waals surface area contributed by atoms with Gasteiger partial charge in [0.25, 0.3) is 0 Å². The van der Waals surface area contributed by atoms with Crippen LogP contribution < -0.4 is 15.4 Å². The van der Waals surface area contributed by atoms with Gasteiger partial charge in [-0.3, -0.25) is 9.59 Å². The molecule has 0 aromatic heterocycles. The molecule has 0 radical (unpaired) electrons. The van der Waals surface area contributed by atoms with Crippen molar-refractivity contribution in [2.24, 2.45) is 16.7 Å². The molecule has 12 heteroatoms. The molecule has 6 rings (SSSR count). The summed E-state index contributed by atoms with van der Waals surface area (Å²) in [6.45, 7) is 9.35. The number of hydrogen-bond acceptors (Lipinski definition) is 7. The normalized spacial score (nSPS) is 39.2. The van der Waals surface area contributed by atoms with Crippen molar-refractivity contribution in [1.82, 2.24) is 20.3 Å². The molecule has 4 unspecified atom stereocenters. The van der Waals surface area contributed by atoms with Crippen molar-refractivity contribution in [2.45, 2.75) is 139 Å². The van der Waals surface area contributed by atoms with E-state index in [2.05, 4.69) is 15.4 Å². The van der Waals surface area contributed by atoms with Gasteiger partial charge < -0.3 is 25.4 Å². The Hall–Kier alpha value is -2.18. The lowest BCUT2D eigenvalue weighted by Crippen LogP contribution is -2.62. The Morgan fingerprint density at radius 2 is 1.84 bits per heavy atom. The Labute approximate surface area is 255 Å². The number of nitrogens with one attached hydrogen (secondary N) is 3. The van der Waals surface area contributed by atoms with E-state index in [4.69, 9.17) is 4.74 Å². The van der Waals surface area contributed by atoms with Crippen molar-refractivity contribution >= 4 is 27.9 Å². The molecule has 0 aromatic rings. The average molecular weight is 621 g/mol. The van der Waals surface area contributed by atoms with Crippen LogP contribution in [0.1, 0.15) is 105 Å². The number of amides is 3. The Kier molecular flexibility index (Phi) is 6.93. The maximum atomic E-state index is 14.4. The topological polar surface area (TPSA) is 154 Å². The molecule has 0 aromatic carbocycles. The van der Waals surface area contributed by atoms with Crippen molar-refractivity contribution in [3.63, 3.8) is 0 Å². The first-order chi connectivity index (χ1) is 19.9. The van der Waals surface area contributed by atoms with Crippen LogP contribution in [0.4, 0.5) is 4.79 Å². The summed E-state index contributed by atoms with van der Waals surface area (Å²) in [5.74, 6) is -0.636. The molecular weight excluding hydrogens is 572 g/mol. The maximum Gasteiger partial charge on any atom is 0.408 e. The lowest BCUT2D eigenvalue weighted by Gasteiger charge is -2.35. The zero-order chi connectivity index (χ0) is 31.3. The van der Waals surface area contributed by atoms with E-state index in [1.807, 2.05) is 19.1 Å². The molecule has 1 saturated heterocycles. The minimum Gasteiger partial charge on any atom is -0.444 e. The highest BCUT2D eigenvalue weighted by Crippen LogP contribution is 2.74. The molecule has 2 heterocycles. The second-order valence-corrected chi connectivity index (χ2v) is 17.9. The summed E-state index contributed by atoms with van der Waals surface area (Å²) in [5, 5.41) is 17.4. The number of nitrogens with zero attached hydrogens (tertiary/aromatic N) is 1. The van der Waals surface area contributed by atoms with Gasteiger partial charge in [0.1, 0.15) is 23.4 Å². The Morgan fingerprint density at radius 3 is 2.47 bits per heavy atom. The minimum atomic E-state index is -3.82. The van der Waals surface area contributed by atoms with Gasteiger partial charge in [-0.05, 0) is 90.9 Å². The van der Waals surface area contributed by atoms with Crippen molar-refractivity contribution in [3.05, 3.63) is 12.2 Å². The third-order valence-corrected chi connectivity index (χ3v) is 13.5. The van der Waals surface area contributed by atoms with Crippen LogP contribution in [0.15, 0.2) is 12.2 Å². The molecule has 4 saturated carbocycles. The molecule has 0 bridgehead atoms. The van der Waals surface area contributed by atoms with Crippen molar-refractivity contribution in [2.75, 3.05) is 6.54 Å². The summed E-state index contributed by atoms with van der Waals surface area (Å²) < 4.78 is 33.3. The number of piperidine rings is 1. The lowest BCUT2D eigenvalue weighted by atomic mass is 9.97. The second-order valence-electron chi connectivity index (χ2n) is 15.7. The number of sulfonamides is 1. The number of hydrogen-bond donors (Lipinski definition) is 4. The predicted molar refractivity (Wildman–Crippen MR) is 159 cm³/mol. The van der Waals surface area contributed by atoms with Gasteiger partial charge in [0.15, 0.2) is 0 Å². The largest absolute Gasteiger partial charge is 0.444 e. The first-order valence-electron chi connectivity index (χ1n) is 15.9. The first kappa shape index (κ1) is 30.8. The number of rotatable bonds is 5. The molecule has 2 spiro atoms. The number of aliphatic hydroxyl groups is 1. The SMILES string of the molecule is CC(C)(C)OC(=O)N[C@H]1CCCCC/C=C\C2(C)C[C@@]2(C(O)NS(=O)(=O)C2(C)CC2)NC(=O)C23CC2C2(CC2)CN3C1=O. The average Bonchev–Trinajstić information content (AvgIpc) is 3.72. The lowest BCUT2D eigenvalue weighted by molar-refractivity contribution is -0.143. The van der Waals surface area contributed by atoms with Gasteiger partial charge in [0.05, 0.1) is 10.3 Å². The van der Waals surface area contributed by atoms with Crippen LogP contribution in [0.25, 0.3) is 0 Å². The van der Waals surface area contributed by atoms with E-state index < -0.39 is 55.2 Å². The standard InChI is InChI=1S/C31H48N4O7S/c1-26(2,3)42-25(39)32-20-11-9-7-6-8-10-12-27(4)18-31(27,24(38)34-43(40,41)28(5)13-14-28)33-23(37)30-17-21(30)29(15-16-29)19-35(30)22(20)36/h10,12,20-21,24,34,38H,6-9,11,13-19H2,1-5H3,(H,32,39)(H,33,37)/b12-10-/t20-,21?,24?,27?,30?,31-/m0/s1. The van der Waals surface area contributed by atoms with E-state index in [1.165, 1.54) is 0 Å². The number of carbonyl (C=O) groups excluding carboxylic acids is 3. The zero-order valence-corrected chi connectivity index (χ0v) is 26.9. The van der Waals surface area contributed by atoms with E-state index in [1.54, 1.807) is 32.6 Å². The fourth-order valence-electron chi connectivity index (χ4n) is 7.73.